The molecule has 0 spiro atoms. The van der Waals surface area contributed by atoms with Gasteiger partial charge >= 0.3 is 5.97 Å². The molecular weight excluding hydrogens is 213 g/mol. The lowest BCUT2D eigenvalue weighted by atomic mass is 10.3. The largest absolute Gasteiger partial charge is 0.358 e. The summed E-state index contributed by atoms with van der Waals surface area (Å²) in [5.41, 5.74) is 1.19. The van der Waals surface area contributed by atoms with E-state index in [4.69, 9.17) is 23.2 Å². The Morgan fingerprint density at radius 1 is 1.38 bits per heavy atom. The molecule has 0 bridgehead atoms. The molecule has 74 valence electrons. The lowest BCUT2D eigenvalue weighted by molar-refractivity contribution is -0.137. The minimum absolute atomic E-state index is 0.346. The number of carbonyl (C=O) groups excluding carboxylic acids is 1. The van der Waals surface area contributed by atoms with E-state index in [1.54, 1.807) is 20.8 Å². The van der Waals surface area contributed by atoms with Gasteiger partial charge in [-0.2, -0.15) is 0 Å². The van der Waals surface area contributed by atoms with E-state index >= 15 is 0 Å². The maximum atomic E-state index is 10.9. The van der Waals surface area contributed by atoms with Crippen molar-refractivity contribution < 1.29 is 9.63 Å². The molecule has 0 amide bonds. The molecule has 0 heterocycles. The molecule has 0 rings (SSSR count). The van der Waals surface area contributed by atoms with Gasteiger partial charge in [0.15, 0.2) is 0 Å². The molecule has 0 aliphatic carbocycles. The summed E-state index contributed by atoms with van der Waals surface area (Å²) in [5, 5.41) is 3.44. The summed E-state index contributed by atoms with van der Waals surface area (Å²) in [4.78, 5) is 14.6. The van der Waals surface area contributed by atoms with Gasteiger partial charge in [0, 0.05) is 6.08 Å². The van der Waals surface area contributed by atoms with Crippen molar-refractivity contribution in [1.29, 1.82) is 0 Å². The first-order chi connectivity index (χ1) is 5.93. The van der Waals surface area contributed by atoms with Crippen molar-refractivity contribution in [1.82, 2.24) is 0 Å². The average Bonchev–Trinajstić information content (AvgIpc) is 1.98. The van der Waals surface area contributed by atoms with E-state index in [0.29, 0.717) is 5.71 Å². The van der Waals surface area contributed by atoms with Crippen molar-refractivity contribution in [2.45, 2.75) is 25.6 Å². The number of halogens is 2. The van der Waals surface area contributed by atoms with Gasteiger partial charge in [0.05, 0.1) is 5.71 Å². The fourth-order valence-corrected chi connectivity index (χ4v) is 0.499. The minimum atomic E-state index is -0.750. The fraction of sp³-hybridized carbons (Fsp3) is 0.500. The first-order valence-corrected chi connectivity index (χ1v) is 4.49. The SMILES string of the molecule is CC(C)=CC(=O)O/N=C(\C)C(Cl)Cl. The molecule has 0 N–H and O–H groups in total. The number of rotatable bonds is 3. The molecule has 0 fully saturated rings. The molecule has 0 radical (unpaired) electrons. The molecule has 0 aromatic carbocycles. The summed E-state index contributed by atoms with van der Waals surface area (Å²) in [6, 6.07) is 0. The van der Waals surface area contributed by atoms with E-state index in [0.717, 1.165) is 5.57 Å². The van der Waals surface area contributed by atoms with Crippen LogP contribution in [-0.4, -0.2) is 16.5 Å². The van der Waals surface area contributed by atoms with E-state index in [1.807, 2.05) is 0 Å². The van der Waals surface area contributed by atoms with Crippen molar-refractivity contribution in [3.63, 3.8) is 0 Å². The molecule has 5 heteroatoms. The average molecular weight is 224 g/mol. The van der Waals surface area contributed by atoms with Crippen LogP contribution in [0.15, 0.2) is 16.8 Å². The maximum absolute atomic E-state index is 10.9. The Labute approximate surface area is 87.3 Å². The summed E-state index contributed by atoms with van der Waals surface area (Å²) in [7, 11) is 0. The number of alkyl halides is 2. The highest BCUT2D eigenvalue weighted by Gasteiger charge is 2.04. The van der Waals surface area contributed by atoms with Crippen LogP contribution in [0, 0.1) is 0 Å². The van der Waals surface area contributed by atoms with Crippen LogP contribution in [-0.2, 0) is 9.63 Å². The summed E-state index contributed by atoms with van der Waals surface area (Å²) in [5.74, 6) is -0.534. The molecule has 0 saturated heterocycles. The molecule has 0 aromatic rings. The van der Waals surface area contributed by atoms with Gasteiger partial charge in [0.1, 0.15) is 4.84 Å². The predicted molar refractivity (Wildman–Crippen MR) is 54.1 cm³/mol. The van der Waals surface area contributed by atoms with Crippen LogP contribution in [0.1, 0.15) is 20.8 Å². The molecule has 3 nitrogen and oxygen atoms in total. The van der Waals surface area contributed by atoms with E-state index in [2.05, 4.69) is 9.99 Å². The highest BCUT2D eigenvalue weighted by atomic mass is 35.5. The zero-order valence-corrected chi connectivity index (χ0v) is 9.19. The molecule has 0 unspecified atom stereocenters. The highest BCUT2D eigenvalue weighted by Crippen LogP contribution is 2.04. The lowest BCUT2D eigenvalue weighted by Crippen LogP contribution is -2.05. The normalized spacial score (nSPS) is 11.4. The Morgan fingerprint density at radius 2 is 1.92 bits per heavy atom. The van der Waals surface area contributed by atoms with E-state index in [1.165, 1.54) is 6.08 Å². The first kappa shape index (κ1) is 12.5. The lowest BCUT2D eigenvalue weighted by Gasteiger charge is -1.98. The number of oxime groups is 1. The van der Waals surface area contributed by atoms with Gasteiger partial charge in [0.25, 0.3) is 0 Å². The second kappa shape index (κ2) is 6.00. The van der Waals surface area contributed by atoms with E-state index in [9.17, 15) is 4.79 Å². The molecular formula is C8H11Cl2NO2. The standard InChI is InChI=1S/C8H11Cl2NO2/c1-5(2)4-7(12)13-11-6(3)8(9)10/h4,8H,1-3H3/b11-6+. The van der Waals surface area contributed by atoms with Crippen molar-refractivity contribution in [2.24, 2.45) is 5.16 Å². The number of nitrogens with zero attached hydrogens (tertiary/aromatic N) is 1. The smallest absolute Gasteiger partial charge is 0.313 e. The van der Waals surface area contributed by atoms with Gasteiger partial charge < -0.3 is 4.84 Å². The van der Waals surface area contributed by atoms with Crippen LogP contribution in [0.5, 0.6) is 0 Å². The third-order valence-electron chi connectivity index (χ3n) is 1.00. The maximum Gasteiger partial charge on any atom is 0.358 e. The highest BCUT2D eigenvalue weighted by molar-refractivity contribution is 6.54. The minimum Gasteiger partial charge on any atom is -0.313 e. The van der Waals surface area contributed by atoms with E-state index < -0.39 is 10.8 Å². The first-order valence-electron chi connectivity index (χ1n) is 3.62. The molecule has 0 saturated carbocycles. The number of allylic oxidation sites excluding steroid dienone is 1. The molecule has 0 aromatic heterocycles. The summed E-state index contributed by atoms with van der Waals surface area (Å²) in [6.07, 6.45) is 1.33. The Bertz CT molecular complexity index is 243. The zero-order chi connectivity index (χ0) is 10.4. The number of hydrogen-bond donors (Lipinski definition) is 0. The molecule has 0 aliphatic rings. The van der Waals surface area contributed by atoms with E-state index in [-0.39, 0.29) is 0 Å². The topological polar surface area (TPSA) is 38.7 Å². The Morgan fingerprint density at radius 3 is 2.31 bits per heavy atom. The monoisotopic (exact) mass is 223 g/mol. The van der Waals surface area contributed by atoms with Crippen molar-refractivity contribution >= 4 is 34.9 Å². The summed E-state index contributed by atoms with van der Waals surface area (Å²) < 4.78 is 0. The van der Waals surface area contributed by atoms with Gasteiger partial charge in [-0.05, 0) is 20.8 Å². The quantitative estimate of drug-likeness (QED) is 0.243. The van der Waals surface area contributed by atoms with Gasteiger partial charge in [-0.15, -0.1) is 0 Å². The van der Waals surface area contributed by atoms with Crippen LogP contribution >= 0.6 is 23.2 Å². The molecule has 13 heavy (non-hydrogen) atoms. The number of hydrogen-bond acceptors (Lipinski definition) is 3. The van der Waals surface area contributed by atoms with Crippen molar-refractivity contribution in [3.8, 4) is 0 Å². The fourth-order valence-electron chi connectivity index (χ4n) is 0.419. The molecule has 0 atom stereocenters. The van der Waals surface area contributed by atoms with Crippen LogP contribution in [0.4, 0.5) is 0 Å². The third-order valence-corrected chi connectivity index (χ3v) is 1.63. The van der Waals surface area contributed by atoms with Crippen LogP contribution in [0.3, 0.4) is 0 Å². The zero-order valence-electron chi connectivity index (χ0n) is 7.67. The van der Waals surface area contributed by atoms with Crippen LogP contribution < -0.4 is 0 Å². The van der Waals surface area contributed by atoms with Gasteiger partial charge in [-0.1, -0.05) is 33.9 Å². The predicted octanol–water partition coefficient (Wildman–Crippen LogP) is 2.68. The second-order valence-corrected chi connectivity index (χ2v) is 3.76. The van der Waals surface area contributed by atoms with Crippen molar-refractivity contribution in [3.05, 3.63) is 11.6 Å². The number of carbonyl (C=O) groups is 1. The Kier molecular flexibility index (Phi) is 5.75. The van der Waals surface area contributed by atoms with Crippen LogP contribution in [0.25, 0.3) is 0 Å². The third kappa shape index (κ3) is 6.61. The summed E-state index contributed by atoms with van der Waals surface area (Å²) >= 11 is 10.9. The van der Waals surface area contributed by atoms with Gasteiger partial charge in [-0.25, -0.2) is 4.79 Å². The van der Waals surface area contributed by atoms with Crippen LogP contribution in [0.2, 0.25) is 0 Å². The Hall–Kier alpha value is -0.540. The Balaban J connectivity index is 4.10. The molecule has 0 aliphatic heterocycles. The second-order valence-electron chi connectivity index (χ2n) is 2.67. The van der Waals surface area contributed by atoms with Crippen molar-refractivity contribution in [2.75, 3.05) is 0 Å². The van der Waals surface area contributed by atoms with Gasteiger partial charge in [0.2, 0.25) is 0 Å². The summed E-state index contributed by atoms with van der Waals surface area (Å²) in [6.45, 7) is 5.13. The van der Waals surface area contributed by atoms with Gasteiger partial charge in [-0.3, -0.25) is 0 Å².